The fourth-order valence-electron chi connectivity index (χ4n) is 2.06. The third kappa shape index (κ3) is 6.05. The average Bonchev–Trinajstić information content (AvgIpc) is 2.55. The quantitative estimate of drug-likeness (QED) is 0.292. The number of rotatable bonds is 6. The van der Waals surface area contributed by atoms with Crippen molar-refractivity contribution >= 4 is 60.8 Å². The molecule has 27 heavy (non-hydrogen) atoms. The molecule has 0 N–H and O–H groups in total. The zero-order valence-corrected chi connectivity index (χ0v) is 16.8. The second-order valence-corrected chi connectivity index (χ2v) is 5.44. The van der Waals surface area contributed by atoms with Crippen molar-refractivity contribution < 1.29 is 32.4 Å². The summed E-state index contributed by atoms with van der Waals surface area (Å²) in [6.07, 6.45) is -4.56. The third-order valence-electron chi connectivity index (χ3n) is 3.23. The van der Waals surface area contributed by atoms with Crippen molar-refractivity contribution in [3.8, 4) is 11.5 Å². The minimum Gasteiger partial charge on any atom is -0.456 e. The fraction of sp³-hybridized carbons (Fsp3) is 0.188. The Morgan fingerprint density at radius 2 is 1.89 bits per heavy atom. The third-order valence-corrected chi connectivity index (χ3v) is 3.52. The molecule has 0 unspecified atom stereocenters. The molecule has 0 aliphatic rings. The number of hydrogen-bond acceptors (Lipinski definition) is 5. The maximum absolute atomic E-state index is 12.6. The Morgan fingerprint density at radius 1 is 1.22 bits per heavy atom. The molecule has 0 saturated carbocycles. The van der Waals surface area contributed by atoms with Crippen LogP contribution in [0.3, 0.4) is 0 Å². The van der Waals surface area contributed by atoms with Crippen LogP contribution in [-0.2, 0) is 10.9 Å². The smallest absolute Gasteiger partial charge is 0.456 e. The second-order valence-electron chi connectivity index (χ2n) is 5.04. The van der Waals surface area contributed by atoms with E-state index in [1.54, 1.807) is 0 Å². The van der Waals surface area contributed by atoms with Crippen LogP contribution in [0.2, 0.25) is 5.02 Å². The first-order valence-electron chi connectivity index (χ1n) is 6.98. The molecule has 0 saturated heterocycles. The molecule has 0 amide bonds. The summed E-state index contributed by atoms with van der Waals surface area (Å²) in [6, 6.07) is 5.85. The van der Waals surface area contributed by atoms with E-state index >= 15 is 0 Å². The summed E-state index contributed by atoms with van der Waals surface area (Å²) in [5.41, 5.74) is -1.65. The van der Waals surface area contributed by atoms with Gasteiger partial charge in [0, 0.05) is 13.2 Å². The number of hydrogen-bond donors (Lipinski definition) is 0. The normalized spacial score (nSPS) is 10.9. The minimum atomic E-state index is -4.56. The number of halogens is 4. The van der Waals surface area contributed by atoms with E-state index in [0.29, 0.717) is 6.07 Å². The summed E-state index contributed by atoms with van der Waals surface area (Å²) in [5.74, 6) is -0.751. The molecule has 6 nitrogen and oxygen atoms in total. The fourth-order valence-corrected chi connectivity index (χ4v) is 2.28. The number of ketones is 1. The van der Waals surface area contributed by atoms with Crippen LogP contribution < -0.4 is 4.74 Å². The van der Waals surface area contributed by atoms with Crippen LogP contribution in [0, 0.1) is 10.1 Å². The standard InChI is InChI=1S/C16H11ClF3NO5.Ca/c1-25-8-14(22)11-7-10(3-4-13(11)21(23)24)26-15-5-2-9(6-12(15)17)16(18,19)20;/h2-7H,8H2,1H3;/q;+2. The summed E-state index contributed by atoms with van der Waals surface area (Å²) < 4.78 is 48.0. The molecule has 0 bridgehead atoms. The molecular formula is C16H11CaClF3NO5+2. The SMILES string of the molecule is COCC(=O)c1cc(Oc2ccc(C(F)(F)F)cc2Cl)ccc1[N+](=O)[O-].[Ca+2]. The van der Waals surface area contributed by atoms with Gasteiger partial charge in [-0.3, -0.25) is 14.9 Å². The predicted molar refractivity (Wildman–Crippen MR) is 91.6 cm³/mol. The number of methoxy groups -OCH3 is 1. The van der Waals surface area contributed by atoms with E-state index in [1.165, 1.54) is 13.2 Å². The molecular weight excluding hydrogens is 419 g/mol. The van der Waals surface area contributed by atoms with E-state index in [-0.39, 0.29) is 66.4 Å². The van der Waals surface area contributed by atoms with Gasteiger partial charge in [0.15, 0.2) is 5.78 Å². The van der Waals surface area contributed by atoms with Gasteiger partial charge in [-0.05, 0) is 30.3 Å². The summed E-state index contributed by atoms with van der Waals surface area (Å²) in [6.45, 7) is -0.384. The Hall–Kier alpha value is -1.39. The van der Waals surface area contributed by atoms with Crippen molar-refractivity contribution in [1.29, 1.82) is 0 Å². The van der Waals surface area contributed by atoms with Gasteiger partial charge in [-0.25, -0.2) is 0 Å². The number of carbonyl (C=O) groups excluding carboxylic acids is 1. The summed E-state index contributed by atoms with van der Waals surface area (Å²) >= 11 is 5.80. The molecule has 2 rings (SSSR count). The Labute approximate surface area is 186 Å². The zero-order valence-electron chi connectivity index (χ0n) is 13.9. The molecule has 0 radical (unpaired) electrons. The predicted octanol–water partition coefficient (Wildman–Crippen LogP) is 4.51. The van der Waals surface area contributed by atoms with Crippen LogP contribution in [0.5, 0.6) is 11.5 Å². The topological polar surface area (TPSA) is 78.7 Å². The molecule has 2 aromatic carbocycles. The number of nitro benzene ring substituents is 1. The first kappa shape index (κ1) is 23.6. The van der Waals surface area contributed by atoms with Crippen molar-refractivity contribution in [2.75, 3.05) is 13.7 Å². The zero-order chi connectivity index (χ0) is 19.5. The van der Waals surface area contributed by atoms with Crippen molar-refractivity contribution in [2.24, 2.45) is 0 Å². The number of Topliss-reactive ketones (excluding diaryl/α,β-unsaturated/α-hetero) is 1. The molecule has 2 aromatic rings. The van der Waals surface area contributed by atoms with Gasteiger partial charge in [0.05, 0.1) is 15.5 Å². The number of nitrogens with zero attached hydrogens (tertiary/aromatic N) is 1. The van der Waals surface area contributed by atoms with E-state index in [9.17, 15) is 28.1 Å². The largest absolute Gasteiger partial charge is 2.00 e. The number of carbonyl (C=O) groups is 1. The monoisotopic (exact) mass is 429 g/mol. The van der Waals surface area contributed by atoms with Crippen LogP contribution in [0.15, 0.2) is 36.4 Å². The van der Waals surface area contributed by atoms with Crippen molar-refractivity contribution in [3.05, 3.63) is 62.7 Å². The molecule has 0 aliphatic heterocycles. The number of ether oxygens (including phenoxy) is 2. The molecule has 0 heterocycles. The maximum Gasteiger partial charge on any atom is 2.00 e. The average molecular weight is 430 g/mol. The van der Waals surface area contributed by atoms with Crippen LogP contribution >= 0.6 is 11.6 Å². The van der Waals surface area contributed by atoms with E-state index in [1.807, 2.05) is 0 Å². The number of nitro groups is 1. The van der Waals surface area contributed by atoms with E-state index < -0.39 is 28.1 Å². The van der Waals surface area contributed by atoms with Gasteiger partial charge in [0.1, 0.15) is 23.7 Å². The van der Waals surface area contributed by atoms with Gasteiger partial charge in [0.2, 0.25) is 0 Å². The first-order valence-corrected chi connectivity index (χ1v) is 7.36. The van der Waals surface area contributed by atoms with Gasteiger partial charge in [-0.1, -0.05) is 11.6 Å². The van der Waals surface area contributed by atoms with Gasteiger partial charge in [-0.15, -0.1) is 0 Å². The first-order chi connectivity index (χ1) is 12.1. The van der Waals surface area contributed by atoms with Gasteiger partial charge < -0.3 is 9.47 Å². The van der Waals surface area contributed by atoms with Gasteiger partial charge in [0.25, 0.3) is 5.69 Å². The Balaban J connectivity index is 0.00000364. The molecule has 0 aliphatic carbocycles. The Kier molecular flexibility index (Phi) is 8.49. The molecule has 0 spiro atoms. The van der Waals surface area contributed by atoms with Crippen LogP contribution in [-0.4, -0.2) is 62.2 Å². The Morgan fingerprint density at radius 3 is 2.41 bits per heavy atom. The number of benzene rings is 2. The Bertz CT molecular complexity index is 860. The maximum atomic E-state index is 12.6. The summed E-state index contributed by atoms with van der Waals surface area (Å²) in [7, 11) is 1.26. The van der Waals surface area contributed by atoms with Crippen LogP contribution in [0.1, 0.15) is 15.9 Å². The van der Waals surface area contributed by atoms with Crippen LogP contribution in [0.4, 0.5) is 18.9 Å². The van der Waals surface area contributed by atoms with E-state index in [2.05, 4.69) is 4.74 Å². The van der Waals surface area contributed by atoms with E-state index in [4.69, 9.17) is 16.3 Å². The van der Waals surface area contributed by atoms with Crippen molar-refractivity contribution in [2.45, 2.75) is 6.18 Å². The van der Waals surface area contributed by atoms with Crippen molar-refractivity contribution in [3.63, 3.8) is 0 Å². The van der Waals surface area contributed by atoms with E-state index in [0.717, 1.165) is 24.3 Å². The van der Waals surface area contributed by atoms with Gasteiger partial charge in [-0.2, -0.15) is 13.2 Å². The summed E-state index contributed by atoms with van der Waals surface area (Å²) in [4.78, 5) is 22.3. The second kappa shape index (κ2) is 9.70. The molecule has 0 aromatic heterocycles. The van der Waals surface area contributed by atoms with Crippen molar-refractivity contribution in [1.82, 2.24) is 0 Å². The number of alkyl halides is 3. The molecule has 0 atom stereocenters. The summed E-state index contributed by atoms with van der Waals surface area (Å²) in [5, 5.41) is 10.7. The molecule has 0 fully saturated rings. The minimum absolute atomic E-state index is 0. The van der Waals surface area contributed by atoms with Crippen LogP contribution in [0.25, 0.3) is 0 Å². The molecule has 11 heteroatoms. The van der Waals surface area contributed by atoms with Gasteiger partial charge >= 0.3 is 43.9 Å². The molecule has 138 valence electrons.